The molecule has 0 radical (unpaired) electrons. The molecule has 1 saturated heterocycles. The average molecular weight is 407 g/mol. The van der Waals surface area contributed by atoms with Gasteiger partial charge in [-0.15, -0.1) is 11.3 Å². The predicted octanol–water partition coefficient (Wildman–Crippen LogP) is 2.48. The molecule has 7 nitrogen and oxygen atoms in total. The summed E-state index contributed by atoms with van der Waals surface area (Å²) in [7, 11) is 1.57. The maximum atomic E-state index is 12.8. The molecule has 3 atom stereocenters. The maximum absolute atomic E-state index is 12.8. The molecule has 10 heteroatoms. The van der Waals surface area contributed by atoms with E-state index in [0.29, 0.717) is 14.6 Å². The molecule has 0 aliphatic carbocycles. The predicted molar refractivity (Wildman–Crippen MR) is 98.9 cm³/mol. The molecule has 2 aromatic rings. The molecule has 2 aliphatic rings. The van der Waals surface area contributed by atoms with Gasteiger partial charge in [0.2, 0.25) is 5.91 Å². The van der Waals surface area contributed by atoms with Crippen molar-refractivity contribution in [3.63, 3.8) is 0 Å². The van der Waals surface area contributed by atoms with E-state index in [1.165, 1.54) is 23.1 Å². The minimum Gasteiger partial charge on any atom is -0.497 e. The second-order valence-electron chi connectivity index (χ2n) is 5.87. The molecule has 2 aliphatic heterocycles. The zero-order valence-electron chi connectivity index (χ0n) is 13.4. The number of nitrogens with two attached hydrogens (primary N) is 1. The van der Waals surface area contributed by atoms with Crippen LogP contribution in [0, 0.1) is 9.87 Å². The van der Waals surface area contributed by atoms with Gasteiger partial charge in [-0.1, -0.05) is 23.9 Å². The molecular formula is C16H13N3O4S3. The van der Waals surface area contributed by atoms with Gasteiger partial charge in [0, 0.05) is 10.8 Å². The third-order valence-corrected chi connectivity index (χ3v) is 7.27. The van der Waals surface area contributed by atoms with E-state index in [1.54, 1.807) is 19.2 Å². The van der Waals surface area contributed by atoms with Crippen molar-refractivity contribution in [2.75, 3.05) is 7.11 Å². The van der Waals surface area contributed by atoms with Gasteiger partial charge in [0.05, 0.1) is 18.1 Å². The van der Waals surface area contributed by atoms with Crippen molar-refractivity contribution in [1.82, 2.24) is 9.88 Å². The van der Waals surface area contributed by atoms with E-state index in [1.807, 2.05) is 12.1 Å². The fraction of sp³-hybridized carbons (Fsp3) is 0.250. The number of carbonyl (C=O) groups excluding carboxylic acids is 3. The number of primary amides is 1. The summed E-state index contributed by atoms with van der Waals surface area (Å²) >= 11 is 7.86. The standard InChI is InChI=1S/C16H13N3O4S3/c1-23-7-4-2-6(3-5-7)8-9-11(14(21)19(13(9)20)15(17)22)25-12-10(8)26-16(24)18-12/h2-5,8-9,11H,1H3,(H2,17,22)(H,18,24). The Bertz CT molecular complexity index is 981. The van der Waals surface area contributed by atoms with Crippen LogP contribution in [0.1, 0.15) is 16.4 Å². The lowest BCUT2D eigenvalue weighted by atomic mass is 9.83. The number of amides is 4. The van der Waals surface area contributed by atoms with Crippen LogP contribution >= 0.6 is 35.3 Å². The number of hydrogen-bond donors (Lipinski definition) is 2. The summed E-state index contributed by atoms with van der Waals surface area (Å²) in [6, 6.07) is 6.26. The summed E-state index contributed by atoms with van der Waals surface area (Å²) < 4.78 is 5.77. The molecule has 3 N–H and O–H groups in total. The third-order valence-electron chi connectivity index (χ3n) is 4.52. The molecule has 1 aromatic heterocycles. The molecule has 134 valence electrons. The van der Waals surface area contributed by atoms with Crippen molar-refractivity contribution in [2.45, 2.75) is 16.2 Å². The Balaban J connectivity index is 1.87. The Hall–Kier alpha value is -2.17. The molecule has 3 unspecified atom stereocenters. The Labute approximate surface area is 161 Å². The van der Waals surface area contributed by atoms with Gasteiger partial charge in [0.25, 0.3) is 5.91 Å². The lowest BCUT2D eigenvalue weighted by molar-refractivity contribution is -0.135. The maximum Gasteiger partial charge on any atom is 0.328 e. The van der Waals surface area contributed by atoms with Crippen LogP contribution in [0.2, 0.25) is 0 Å². The normalized spacial score (nSPS) is 24.3. The van der Waals surface area contributed by atoms with Crippen LogP contribution < -0.4 is 10.5 Å². The minimum absolute atomic E-state index is 0.388. The highest BCUT2D eigenvalue weighted by Gasteiger charge is 2.57. The van der Waals surface area contributed by atoms with E-state index in [9.17, 15) is 14.4 Å². The number of thiazole rings is 1. The number of aromatic nitrogens is 1. The van der Waals surface area contributed by atoms with E-state index in [0.717, 1.165) is 15.5 Å². The first-order valence-corrected chi connectivity index (χ1v) is 9.73. The second-order valence-corrected chi connectivity index (χ2v) is 8.74. The van der Waals surface area contributed by atoms with E-state index in [2.05, 4.69) is 4.98 Å². The zero-order valence-corrected chi connectivity index (χ0v) is 15.9. The highest BCUT2D eigenvalue weighted by molar-refractivity contribution is 8.00. The number of carbonyl (C=O) groups is 3. The molecule has 0 bridgehead atoms. The fourth-order valence-electron chi connectivity index (χ4n) is 3.40. The fourth-order valence-corrected chi connectivity index (χ4v) is 6.37. The van der Waals surface area contributed by atoms with Crippen LogP contribution in [0.25, 0.3) is 0 Å². The molecule has 4 amide bonds. The van der Waals surface area contributed by atoms with Gasteiger partial charge in [-0.3, -0.25) is 9.59 Å². The molecule has 3 heterocycles. The number of ether oxygens (including phenoxy) is 1. The van der Waals surface area contributed by atoms with Gasteiger partial charge in [-0.2, -0.15) is 4.90 Å². The lowest BCUT2D eigenvalue weighted by Gasteiger charge is -2.29. The first-order valence-electron chi connectivity index (χ1n) is 7.63. The molecule has 4 rings (SSSR count). The number of likely N-dealkylation sites (tertiary alicyclic amines) is 1. The van der Waals surface area contributed by atoms with Crippen LogP contribution in [0.5, 0.6) is 5.75 Å². The van der Waals surface area contributed by atoms with Crippen LogP contribution in [0.4, 0.5) is 4.79 Å². The van der Waals surface area contributed by atoms with Gasteiger partial charge in [-0.25, -0.2) is 4.79 Å². The van der Waals surface area contributed by atoms with Crippen LogP contribution in [0.15, 0.2) is 29.3 Å². The van der Waals surface area contributed by atoms with Crippen molar-refractivity contribution in [2.24, 2.45) is 11.7 Å². The number of fused-ring (bicyclic) bond motifs is 2. The topological polar surface area (TPSA) is 105 Å². The Morgan fingerprint density at radius 2 is 1.96 bits per heavy atom. The minimum atomic E-state index is -1.04. The largest absolute Gasteiger partial charge is 0.497 e. The van der Waals surface area contributed by atoms with Crippen LogP contribution in [0.3, 0.4) is 0 Å². The number of rotatable bonds is 2. The number of thioether (sulfide) groups is 1. The summed E-state index contributed by atoms with van der Waals surface area (Å²) in [4.78, 5) is 41.6. The third kappa shape index (κ3) is 2.48. The number of H-pyrrole nitrogens is 1. The summed E-state index contributed by atoms with van der Waals surface area (Å²) in [5.41, 5.74) is 6.10. The van der Waals surface area contributed by atoms with Crippen LogP contribution in [-0.2, 0) is 9.59 Å². The summed E-state index contributed by atoms with van der Waals surface area (Å²) in [5.74, 6) is -1.55. The molecular weight excluding hydrogens is 394 g/mol. The first kappa shape index (κ1) is 17.3. The summed E-state index contributed by atoms with van der Waals surface area (Å²) in [5, 5.41) is 0.0457. The van der Waals surface area contributed by atoms with Gasteiger partial charge in [0.15, 0.2) is 3.95 Å². The van der Waals surface area contributed by atoms with E-state index in [-0.39, 0.29) is 5.92 Å². The van der Waals surface area contributed by atoms with E-state index < -0.39 is 29.0 Å². The summed E-state index contributed by atoms with van der Waals surface area (Å²) in [6.45, 7) is 0. The van der Waals surface area contributed by atoms with Crippen molar-refractivity contribution < 1.29 is 19.1 Å². The van der Waals surface area contributed by atoms with Gasteiger partial charge in [0.1, 0.15) is 11.0 Å². The van der Waals surface area contributed by atoms with Crippen molar-refractivity contribution in [3.05, 3.63) is 38.7 Å². The smallest absolute Gasteiger partial charge is 0.328 e. The number of hydrogen-bond acceptors (Lipinski definition) is 7. The average Bonchev–Trinajstić information content (AvgIpc) is 3.10. The highest BCUT2D eigenvalue weighted by Crippen LogP contribution is 2.53. The lowest BCUT2D eigenvalue weighted by Crippen LogP contribution is -2.41. The quantitative estimate of drug-likeness (QED) is 0.585. The van der Waals surface area contributed by atoms with Crippen LogP contribution in [-0.4, -0.2) is 40.1 Å². The van der Waals surface area contributed by atoms with Gasteiger partial charge >= 0.3 is 6.03 Å². The monoisotopic (exact) mass is 407 g/mol. The molecule has 0 saturated carbocycles. The number of aromatic amines is 1. The first-order chi connectivity index (χ1) is 12.4. The SMILES string of the molecule is COc1ccc(C2c3sc(=S)[nH]c3SC3C(=O)N(C(N)=O)C(=O)C32)cc1. The Kier molecular flexibility index (Phi) is 4.13. The number of methoxy groups -OCH3 is 1. The van der Waals surface area contributed by atoms with Crippen molar-refractivity contribution >= 4 is 53.2 Å². The number of nitrogens with one attached hydrogen (secondary N) is 1. The number of urea groups is 1. The Morgan fingerprint density at radius 3 is 2.58 bits per heavy atom. The van der Waals surface area contributed by atoms with Crippen molar-refractivity contribution in [1.29, 1.82) is 0 Å². The number of imide groups is 3. The molecule has 1 aromatic carbocycles. The number of benzene rings is 1. The summed E-state index contributed by atoms with van der Waals surface area (Å²) in [6.07, 6.45) is 0. The van der Waals surface area contributed by atoms with Crippen molar-refractivity contribution in [3.8, 4) is 5.75 Å². The zero-order chi connectivity index (χ0) is 18.6. The van der Waals surface area contributed by atoms with E-state index >= 15 is 0 Å². The van der Waals surface area contributed by atoms with Gasteiger partial charge in [-0.05, 0) is 29.9 Å². The molecule has 1 fully saturated rings. The number of nitrogens with zero attached hydrogens (tertiary/aromatic N) is 1. The highest BCUT2D eigenvalue weighted by atomic mass is 32.2. The molecule has 0 spiro atoms. The Morgan fingerprint density at radius 1 is 1.27 bits per heavy atom. The molecule has 26 heavy (non-hydrogen) atoms. The van der Waals surface area contributed by atoms with Gasteiger partial charge < -0.3 is 15.5 Å². The second kappa shape index (κ2) is 6.22. The van der Waals surface area contributed by atoms with E-state index in [4.69, 9.17) is 22.7 Å².